The Labute approximate surface area is 108 Å². The van der Waals surface area contributed by atoms with Gasteiger partial charge < -0.3 is 10.4 Å². The Morgan fingerprint density at radius 1 is 1.50 bits per heavy atom. The lowest BCUT2D eigenvalue weighted by Crippen LogP contribution is -2.44. The first-order chi connectivity index (χ1) is 8.34. The highest BCUT2D eigenvalue weighted by molar-refractivity contribution is 5.76. The fourth-order valence-corrected chi connectivity index (χ4v) is 1.89. The molecule has 0 unspecified atom stereocenters. The number of amides is 1. The molecule has 0 saturated carbocycles. The number of nitrogens with one attached hydrogen (secondary N) is 1. The van der Waals surface area contributed by atoms with Crippen LogP contribution < -0.4 is 5.32 Å². The molecule has 2 N–H and O–H groups in total. The van der Waals surface area contributed by atoms with E-state index in [1.165, 1.54) is 0 Å². The lowest BCUT2D eigenvalue weighted by atomic mass is 10.0. The molecule has 5 nitrogen and oxygen atoms in total. The summed E-state index contributed by atoms with van der Waals surface area (Å²) < 4.78 is 1.84. The largest absolute Gasteiger partial charge is 0.396 e. The van der Waals surface area contributed by atoms with E-state index in [0.717, 1.165) is 11.4 Å². The number of aromatic nitrogens is 2. The minimum Gasteiger partial charge on any atom is -0.396 e. The second-order valence-electron chi connectivity index (χ2n) is 5.31. The van der Waals surface area contributed by atoms with Gasteiger partial charge in [-0.25, -0.2) is 0 Å². The molecule has 1 heterocycles. The van der Waals surface area contributed by atoms with Gasteiger partial charge in [-0.05, 0) is 40.2 Å². The minimum atomic E-state index is -0.360. The van der Waals surface area contributed by atoms with E-state index in [4.69, 9.17) is 5.11 Å². The number of aliphatic hydroxyl groups excluding tert-OH is 1. The molecule has 0 aliphatic carbocycles. The summed E-state index contributed by atoms with van der Waals surface area (Å²) in [5.74, 6) is -0.0130. The summed E-state index contributed by atoms with van der Waals surface area (Å²) in [6.07, 6.45) is 0.954. The average Bonchev–Trinajstić information content (AvgIpc) is 2.53. The van der Waals surface area contributed by atoms with Crippen molar-refractivity contribution in [2.45, 2.75) is 52.6 Å². The van der Waals surface area contributed by atoms with Crippen molar-refractivity contribution in [2.24, 2.45) is 0 Å². The Balaban J connectivity index is 2.44. The number of hydrogen-bond donors (Lipinski definition) is 2. The van der Waals surface area contributed by atoms with Crippen LogP contribution in [0.4, 0.5) is 0 Å². The van der Waals surface area contributed by atoms with Crippen molar-refractivity contribution in [3.63, 3.8) is 0 Å². The molecular weight excluding hydrogens is 230 g/mol. The third kappa shape index (κ3) is 4.49. The van der Waals surface area contributed by atoms with Gasteiger partial charge in [0, 0.05) is 30.8 Å². The fraction of sp³-hybridized carbons (Fsp3) is 0.692. The lowest BCUT2D eigenvalue weighted by molar-refractivity contribution is -0.123. The molecule has 102 valence electrons. The topological polar surface area (TPSA) is 67.2 Å². The Hall–Kier alpha value is -1.36. The number of carbonyl (C=O) groups excluding carboxylic acids is 1. The van der Waals surface area contributed by atoms with Crippen LogP contribution in [0.3, 0.4) is 0 Å². The number of rotatable bonds is 6. The number of hydrogen-bond acceptors (Lipinski definition) is 3. The Kier molecular flexibility index (Phi) is 4.90. The van der Waals surface area contributed by atoms with Crippen LogP contribution in [0.5, 0.6) is 0 Å². The van der Waals surface area contributed by atoms with E-state index in [1.54, 1.807) is 0 Å². The van der Waals surface area contributed by atoms with Crippen molar-refractivity contribution in [1.82, 2.24) is 15.1 Å². The van der Waals surface area contributed by atoms with Crippen LogP contribution in [0.15, 0.2) is 6.07 Å². The molecule has 0 spiro atoms. The van der Waals surface area contributed by atoms with E-state index in [0.29, 0.717) is 19.4 Å². The van der Waals surface area contributed by atoms with Crippen molar-refractivity contribution in [1.29, 1.82) is 0 Å². The zero-order valence-electron chi connectivity index (χ0n) is 11.7. The van der Waals surface area contributed by atoms with Gasteiger partial charge in [0.05, 0.1) is 5.69 Å². The standard InChI is InChI=1S/C13H23N3O2/c1-10-9-11(2)16(15-10)7-5-12(18)14-13(3,4)6-8-17/h9,17H,5-8H2,1-4H3,(H,14,18). The Morgan fingerprint density at radius 2 is 2.17 bits per heavy atom. The zero-order chi connectivity index (χ0) is 13.8. The molecule has 1 aromatic heterocycles. The summed E-state index contributed by atoms with van der Waals surface area (Å²) in [7, 11) is 0. The smallest absolute Gasteiger partial charge is 0.222 e. The van der Waals surface area contributed by atoms with Crippen molar-refractivity contribution < 1.29 is 9.90 Å². The predicted molar refractivity (Wildman–Crippen MR) is 70.2 cm³/mol. The summed E-state index contributed by atoms with van der Waals surface area (Å²) in [5, 5.41) is 16.1. The zero-order valence-corrected chi connectivity index (χ0v) is 11.7. The van der Waals surface area contributed by atoms with Crippen LogP contribution in [0.2, 0.25) is 0 Å². The number of carbonyl (C=O) groups is 1. The lowest BCUT2D eigenvalue weighted by Gasteiger charge is -2.25. The first kappa shape index (κ1) is 14.7. The summed E-state index contributed by atoms with van der Waals surface area (Å²) in [6, 6.07) is 1.99. The van der Waals surface area contributed by atoms with Gasteiger partial charge in [-0.3, -0.25) is 9.48 Å². The van der Waals surface area contributed by atoms with Gasteiger partial charge in [0.25, 0.3) is 0 Å². The predicted octanol–water partition coefficient (Wildman–Crippen LogP) is 1.17. The van der Waals surface area contributed by atoms with E-state index >= 15 is 0 Å². The molecule has 0 radical (unpaired) electrons. The van der Waals surface area contributed by atoms with Gasteiger partial charge in [-0.1, -0.05) is 0 Å². The van der Waals surface area contributed by atoms with Gasteiger partial charge in [0.15, 0.2) is 0 Å². The summed E-state index contributed by atoms with van der Waals surface area (Å²) >= 11 is 0. The molecule has 5 heteroatoms. The second-order valence-corrected chi connectivity index (χ2v) is 5.31. The minimum absolute atomic E-state index is 0.0130. The first-order valence-corrected chi connectivity index (χ1v) is 6.27. The van der Waals surface area contributed by atoms with E-state index in [-0.39, 0.29) is 18.1 Å². The van der Waals surface area contributed by atoms with Gasteiger partial charge in [0.1, 0.15) is 0 Å². The van der Waals surface area contributed by atoms with Crippen molar-refractivity contribution in [3.05, 3.63) is 17.5 Å². The molecule has 0 aromatic carbocycles. The van der Waals surface area contributed by atoms with Crippen LogP contribution in [0.25, 0.3) is 0 Å². The molecule has 0 fully saturated rings. The van der Waals surface area contributed by atoms with Gasteiger partial charge in [0.2, 0.25) is 5.91 Å². The summed E-state index contributed by atoms with van der Waals surface area (Å²) in [4.78, 5) is 11.8. The third-order valence-corrected chi connectivity index (χ3v) is 2.87. The highest BCUT2D eigenvalue weighted by atomic mass is 16.3. The quantitative estimate of drug-likeness (QED) is 0.799. The van der Waals surface area contributed by atoms with E-state index < -0.39 is 0 Å². The maximum atomic E-state index is 11.8. The molecule has 0 aliphatic rings. The summed E-state index contributed by atoms with van der Waals surface area (Å²) in [5.41, 5.74) is 1.67. The molecule has 1 amide bonds. The number of nitrogens with zero attached hydrogens (tertiary/aromatic N) is 2. The van der Waals surface area contributed by atoms with Crippen molar-refractivity contribution in [2.75, 3.05) is 6.61 Å². The van der Waals surface area contributed by atoms with E-state index in [1.807, 2.05) is 38.4 Å². The second kappa shape index (κ2) is 6.00. The number of aliphatic hydroxyl groups is 1. The Morgan fingerprint density at radius 3 is 2.67 bits per heavy atom. The van der Waals surface area contributed by atoms with Gasteiger partial charge >= 0.3 is 0 Å². The molecule has 0 saturated heterocycles. The third-order valence-electron chi connectivity index (χ3n) is 2.87. The normalized spacial score (nSPS) is 11.6. The van der Waals surface area contributed by atoms with Crippen LogP contribution in [-0.4, -0.2) is 32.9 Å². The van der Waals surface area contributed by atoms with Gasteiger partial charge in [-0.15, -0.1) is 0 Å². The first-order valence-electron chi connectivity index (χ1n) is 6.27. The highest BCUT2D eigenvalue weighted by Crippen LogP contribution is 2.08. The number of aryl methyl sites for hydroxylation is 3. The van der Waals surface area contributed by atoms with Crippen molar-refractivity contribution in [3.8, 4) is 0 Å². The van der Waals surface area contributed by atoms with Crippen LogP contribution in [-0.2, 0) is 11.3 Å². The van der Waals surface area contributed by atoms with Gasteiger partial charge in [-0.2, -0.15) is 5.10 Å². The molecule has 0 bridgehead atoms. The van der Waals surface area contributed by atoms with Crippen molar-refractivity contribution >= 4 is 5.91 Å². The summed E-state index contributed by atoms with van der Waals surface area (Å²) in [6.45, 7) is 8.39. The Bertz CT molecular complexity index is 410. The monoisotopic (exact) mass is 253 g/mol. The van der Waals surface area contributed by atoms with Crippen LogP contribution in [0.1, 0.15) is 38.1 Å². The highest BCUT2D eigenvalue weighted by Gasteiger charge is 2.19. The molecule has 1 rings (SSSR count). The van der Waals surface area contributed by atoms with E-state index in [9.17, 15) is 4.79 Å². The molecule has 0 aliphatic heterocycles. The van der Waals surface area contributed by atoms with Crippen LogP contribution in [0, 0.1) is 13.8 Å². The molecule has 18 heavy (non-hydrogen) atoms. The van der Waals surface area contributed by atoms with Crippen LogP contribution >= 0.6 is 0 Å². The maximum Gasteiger partial charge on any atom is 0.222 e. The SMILES string of the molecule is Cc1cc(C)n(CCC(=O)NC(C)(C)CCO)n1. The average molecular weight is 253 g/mol. The maximum absolute atomic E-state index is 11.8. The fourth-order valence-electron chi connectivity index (χ4n) is 1.89. The molecule has 1 aromatic rings. The molecule has 0 atom stereocenters. The molecular formula is C13H23N3O2. The van der Waals surface area contributed by atoms with E-state index in [2.05, 4.69) is 10.4 Å².